The van der Waals surface area contributed by atoms with Gasteiger partial charge in [-0.25, -0.2) is 4.79 Å². The summed E-state index contributed by atoms with van der Waals surface area (Å²) in [5, 5.41) is 0. The number of amides is 2. The summed E-state index contributed by atoms with van der Waals surface area (Å²) in [7, 11) is 0. The van der Waals surface area contributed by atoms with E-state index in [-0.39, 0.29) is 17.2 Å². The van der Waals surface area contributed by atoms with Gasteiger partial charge in [0, 0.05) is 30.7 Å². The van der Waals surface area contributed by atoms with E-state index in [1.807, 2.05) is 28.0 Å². The Balaban J connectivity index is 1.41. The van der Waals surface area contributed by atoms with Crippen molar-refractivity contribution in [3.8, 4) is 0 Å². The number of anilines is 1. The molecule has 5 aliphatic rings. The monoisotopic (exact) mass is 354 g/mol. The van der Waals surface area contributed by atoms with E-state index in [0.29, 0.717) is 13.2 Å². The van der Waals surface area contributed by atoms with E-state index >= 15 is 0 Å². The van der Waals surface area contributed by atoms with E-state index in [2.05, 4.69) is 11.1 Å². The summed E-state index contributed by atoms with van der Waals surface area (Å²) in [6.45, 7) is 2.88. The van der Waals surface area contributed by atoms with E-state index in [0.717, 1.165) is 68.7 Å². The van der Waals surface area contributed by atoms with Gasteiger partial charge in [0.05, 0.1) is 17.9 Å². The summed E-state index contributed by atoms with van der Waals surface area (Å²) >= 11 is 0. The van der Waals surface area contributed by atoms with Crippen LogP contribution < -0.4 is 10.6 Å². The molecule has 0 radical (unpaired) electrons. The van der Waals surface area contributed by atoms with Crippen LogP contribution in [0.25, 0.3) is 0 Å². The molecule has 0 atom stereocenters. The third-order valence-electron chi connectivity index (χ3n) is 6.57. The number of nitrogens with two attached hydrogens (primary N) is 1. The molecular formula is C20H26N4O2. The van der Waals surface area contributed by atoms with Gasteiger partial charge >= 0.3 is 6.03 Å². The topological polar surface area (TPSA) is 71.2 Å². The van der Waals surface area contributed by atoms with Crippen LogP contribution in [0.1, 0.15) is 44.1 Å². The Morgan fingerprint density at radius 1 is 1.19 bits per heavy atom. The van der Waals surface area contributed by atoms with Gasteiger partial charge in [-0.05, 0) is 50.7 Å². The molecule has 138 valence electrons. The molecule has 3 fully saturated rings. The van der Waals surface area contributed by atoms with Crippen LogP contribution in [-0.4, -0.2) is 54.1 Å². The highest BCUT2D eigenvalue weighted by molar-refractivity contribution is 6.19. The number of urea groups is 1. The SMILES string of the molecule is NC12CCC(CCN3C(=O)N4CCCN=C4c4ccccc43)(CC1)OC2. The molecule has 2 saturated heterocycles. The number of benzene rings is 1. The molecule has 1 saturated carbocycles. The lowest BCUT2D eigenvalue weighted by molar-refractivity contribution is -0.155. The average Bonchev–Trinajstić information content (AvgIpc) is 2.69. The highest BCUT2D eigenvalue weighted by Crippen LogP contribution is 2.44. The molecule has 2 N–H and O–H groups in total. The maximum Gasteiger partial charge on any atom is 0.330 e. The number of para-hydroxylation sites is 1. The van der Waals surface area contributed by atoms with Crippen LogP contribution in [0.2, 0.25) is 0 Å². The first-order valence-corrected chi connectivity index (χ1v) is 9.75. The third kappa shape index (κ3) is 2.47. The van der Waals surface area contributed by atoms with Crippen molar-refractivity contribution in [3.63, 3.8) is 0 Å². The van der Waals surface area contributed by atoms with Gasteiger partial charge in [-0.2, -0.15) is 0 Å². The number of fused-ring (bicyclic) bond motifs is 6. The fourth-order valence-corrected chi connectivity index (χ4v) is 4.81. The Morgan fingerprint density at radius 2 is 2.00 bits per heavy atom. The Labute approximate surface area is 154 Å². The lowest BCUT2D eigenvalue weighted by Gasteiger charge is -2.52. The summed E-state index contributed by atoms with van der Waals surface area (Å²) < 4.78 is 6.19. The first-order chi connectivity index (χ1) is 12.6. The van der Waals surface area contributed by atoms with Gasteiger partial charge in [0.1, 0.15) is 5.84 Å². The molecule has 1 aromatic carbocycles. The number of nitrogens with zero attached hydrogens (tertiary/aromatic N) is 3. The first-order valence-electron chi connectivity index (χ1n) is 9.75. The average molecular weight is 354 g/mol. The van der Waals surface area contributed by atoms with Gasteiger partial charge in [-0.1, -0.05) is 12.1 Å². The molecule has 0 unspecified atom stereocenters. The predicted molar refractivity (Wildman–Crippen MR) is 101 cm³/mol. The van der Waals surface area contributed by atoms with Gasteiger partial charge in [-0.15, -0.1) is 0 Å². The summed E-state index contributed by atoms with van der Waals surface area (Å²) in [4.78, 5) is 21.6. The lowest BCUT2D eigenvalue weighted by Crippen LogP contribution is -2.60. The maximum absolute atomic E-state index is 13.2. The van der Waals surface area contributed by atoms with E-state index in [1.165, 1.54) is 0 Å². The Kier molecular flexibility index (Phi) is 3.62. The van der Waals surface area contributed by atoms with Gasteiger partial charge in [0.15, 0.2) is 0 Å². The van der Waals surface area contributed by atoms with Gasteiger partial charge in [0.25, 0.3) is 0 Å². The minimum atomic E-state index is -0.117. The van der Waals surface area contributed by atoms with Gasteiger partial charge in [-0.3, -0.25) is 14.8 Å². The van der Waals surface area contributed by atoms with Crippen LogP contribution in [0.3, 0.4) is 0 Å². The molecule has 4 aliphatic heterocycles. The molecule has 0 aromatic heterocycles. The zero-order valence-electron chi connectivity index (χ0n) is 15.1. The largest absolute Gasteiger partial charge is 0.373 e. The second kappa shape index (κ2) is 5.79. The number of hydrogen-bond acceptors (Lipinski definition) is 4. The number of carbonyl (C=O) groups is 1. The molecule has 2 amide bonds. The number of ether oxygens (including phenoxy) is 1. The molecule has 6 heteroatoms. The number of hydrogen-bond donors (Lipinski definition) is 1. The van der Waals surface area contributed by atoms with Crippen molar-refractivity contribution < 1.29 is 9.53 Å². The first kappa shape index (κ1) is 16.3. The van der Waals surface area contributed by atoms with Crippen LogP contribution in [0, 0.1) is 0 Å². The minimum absolute atomic E-state index is 0.0540. The standard InChI is InChI=1S/C20H26N4O2/c21-19-6-8-20(9-7-19,26-14-19)10-13-23-16-5-2-1-4-15(16)17-22-11-3-12-24(17)18(23)25/h1-2,4-5H,3,6-14,21H2. The van der Waals surface area contributed by atoms with Crippen molar-refractivity contribution in [2.75, 3.05) is 31.1 Å². The Morgan fingerprint density at radius 3 is 2.77 bits per heavy atom. The number of carbonyl (C=O) groups excluding carboxylic acids is 1. The van der Waals surface area contributed by atoms with E-state index in [1.54, 1.807) is 0 Å². The quantitative estimate of drug-likeness (QED) is 0.907. The second-order valence-electron chi connectivity index (χ2n) is 8.25. The molecule has 6 nitrogen and oxygen atoms in total. The maximum atomic E-state index is 13.2. The van der Waals surface area contributed by atoms with E-state index in [9.17, 15) is 4.79 Å². The number of amidine groups is 1. The second-order valence-corrected chi connectivity index (χ2v) is 8.25. The van der Waals surface area contributed by atoms with Gasteiger partial charge in [0.2, 0.25) is 0 Å². The molecule has 0 spiro atoms. The van der Waals surface area contributed by atoms with E-state index < -0.39 is 0 Å². The minimum Gasteiger partial charge on any atom is -0.373 e. The summed E-state index contributed by atoms with van der Waals surface area (Å²) in [5.74, 6) is 0.839. The molecule has 6 rings (SSSR count). The highest BCUT2D eigenvalue weighted by atomic mass is 16.5. The van der Waals surface area contributed by atoms with Crippen molar-refractivity contribution in [2.24, 2.45) is 10.7 Å². The van der Waals surface area contributed by atoms with Crippen LogP contribution in [0.5, 0.6) is 0 Å². The molecule has 4 heterocycles. The van der Waals surface area contributed by atoms with Crippen molar-refractivity contribution >= 4 is 17.6 Å². The summed E-state index contributed by atoms with van der Waals surface area (Å²) in [6, 6.07) is 8.18. The molecule has 26 heavy (non-hydrogen) atoms. The van der Waals surface area contributed by atoms with Crippen LogP contribution in [0.15, 0.2) is 29.3 Å². The zero-order chi connectivity index (χ0) is 17.8. The van der Waals surface area contributed by atoms with Crippen molar-refractivity contribution in [1.82, 2.24) is 4.90 Å². The van der Waals surface area contributed by atoms with Crippen molar-refractivity contribution in [2.45, 2.75) is 49.7 Å². The van der Waals surface area contributed by atoms with Crippen LogP contribution >= 0.6 is 0 Å². The number of aliphatic imine (C=N–C) groups is 1. The Bertz CT molecular complexity index is 750. The zero-order valence-corrected chi connectivity index (χ0v) is 15.1. The number of rotatable bonds is 3. The van der Waals surface area contributed by atoms with Crippen LogP contribution in [0.4, 0.5) is 10.5 Å². The normalized spacial score (nSPS) is 33.0. The smallest absolute Gasteiger partial charge is 0.330 e. The fraction of sp³-hybridized carbons (Fsp3) is 0.600. The lowest BCUT2D eigenvalue weighted by atomic mass is 9.70. The molecule has 2 bridgehead atoms. The molecule has 1 aliphatic carbocycles. The van der Waals surface area contributed by atoms with Gasteiger partial charge < -0.3 is 10.5 Å². The van der Waals surface area contributed by atoms with Crippen molar-refractivity contribution in [3.05, 3.63) is 29.8 Å². The predicted octanol–water partition coefficient (Wildman–Crippen LogP) is 2.51. The fourth-order valence-electron chi connectivity index (χ4n) is 4.81. The summed E-state index contributed by atoms with van der Waals surface area (Å²) in [5.41, 5.74) is 8.17. The highest BCUT2D eigenvalue weighted by Gasteiger charge is 2.48. The van der Waals surface area contributed by atoms with Crippen molar-refractivity contribution in [1.29, 1.82) is 0 Å². The Hall–Kier alpha value is -1.92. The summed E-state index contributed by atoms with van der Waals surface area (Å²) in [6.07, 6.45) is 5.86. The van der Waals surface area contributed by atoms with E-state index in [4.69, 9.17) is 10.5 Å². The third-order valence-corrected chi connectivity index (χ3v) is 6.57. The van der Waals surface area contributed by atoms with Crippen LogP contribution in [-0.2, 0) is 4.74 Å². The molecular weight excluding hydrogens is 328 g/mol. The molecule has 1 aromatic rings.